The molecule has 1 saturated heterocycles. The fourth-order valence-corrected chi connectivity index (χ4v) is 4.35. The lowest BCUT2D eigenvalue weighted by atomic mass is 10.1. The Morgan fingerprint density at radius 2 is 1.72 bits per heavy atom. The predicted octanol–water partition coefficient (Wildman–Crippen LogP) is 4.97. The molecule has 0 spiro atoms. The number of amides is 3. The van der Waals surface area contributed by atoms with Gasteiger partial charge in [-0.2, -0.15) is 0 Å². The second-order valence-corrected chi connectivity index (χ2v) is 8.96. The van der Waals surface area contributed by atoms with Gasteiger partial charge in [-0.1, -0.05) is 45.7 Å². The molecule has 0 bridgehead atoms. The van der Waals surface area contributed by atoms with E-state index in [1.54, 1.807) is 23.1 Å². The normalized spacial score (nSPS) is 21.4. The summed E-state index contributed by atoms with van der Waals surface area (Å²) in [6, 6.07) is 15.2. The molecule has 2 fully saturated rings. The molecule has 7 heteroatoms. The third kappa shape index (κ3) is 4.93. The van der Waals surface area contributed by atoms with Gasteiger partial charge in [-0.25, -0.2) is 4.79 Å². The maximum absolute atomic E-state index is 13.0. The summed E-state index contributed by atoms with van der Waals surface area (Å²) in [5.74, 6) is 0.610. The number of carbonyl (C=O) groups is 2. The summed E-state index contributed by atoms with van der Waals surface area (Å²) in [4.78, 5) is 29.2. The average Bonchev–Trinajstić information content (AvgIpc) is 3.52. The lowest BCUT2D eigenvalue weighted by molar-refractivity contribution is -0.132. The lowest BCUT2D eigenvalue weighted by Gasteiger charge is -2.22. The van der Waals surface area contributed by atoms with Crippen LogP contribution in [0.4, 0.5) is 10.5 Å². The second-order valence-electron chi connectivity index (χ2n) is 7.61. The maximum atomic E-state index is 13.0. The lowest BCUT2D eigenvalue weighted by Crippen LogP contribution is -2.39. The molecule has 1 saturated carbocycles. The summed E-state index contributed by atoms with van der Waals surface area (Å²) < 4.78 is 1.05. The van der Waals surface area contributed by atoms with Crippen LogP contribution >= 0.6 is 27.5 Å². The zero-order valence-electron chi connectivity index (χ0n) is 16.0. The largest absolute Gasteiger partial charge is 0.341 e. The van der Waals surface area contributed by atoms with E-state index in [1.165, 1.54) is 5.56 Å². The SMILES string of the molecule is O=C(Nc1cccc(Cl)c1)N1CCCN(C(=O)[C@H]2C[C@H]2c2ccc(Br)cc2)CC1. The van der Waals surface area contributed by atoms with Crippen molar-refractivity contribution in [2.45, 2.75) is 18.8 Å². The monoisotopic (exact) mass is 475 g/mol. The van der Waals surface area contributed by atoms with Crippen molar-refractivity contribution in [1.82, 2.24) is 9.80 Å². The van der Waals surface area contributed by atoms with Crippen LogP contribution in [0.15, 0.2) is 53.0 Å². The molecule has 1 heterocycles. The van der Waals surface area contributed by atoms with Gasteiger partial charge in [-0.05, 0) is 54.7 Å². The first-order chi connectivity index (χ1) is 14.0. The van der Waals surface area contributed by atoms with Crippen LogP contribution in [0.3, 0.4) is 0 Å². The highest BCUT2D eigenvalue weighted by Gasteiger charge is 2.45. The van der Waals surface area contributed by atoms with Crippen LogP contribution in [-0.4, -0.2) is 47.9 Å². The first kappa shape index (κ1) is 20.2. The van der Waals surface area contributed by atoms with Crippen molar-refractivity contribution in [1.29, 1.82) is 0 Å². The van der Waals surface area contributed by atoms with Gasteiger partial charge in [0.05, 0.1) is 0 Å². The minimum Gasteiger partial charge on any atom is -0.341 e. The van der Waals surface area contributed by atoms with Gasteiger partial charge in [0.15, 0.2) is 0 Å². The van der Waals surface area contributed by atoms with E-state index in [-0.39, 0.29) is 17.9 Å². The predicted molar refractivity (Wildman–Crippen MR) is 118 cm³/mol. The summed E-state index contributed by atoms with van der Waals surface area (Å²) in [6.45, 7) is 2.44. The topological polar surface area (TPSA) is 52.7 Å². The number of anilines is 1. The summed E-state index contributed by atoms with van der Waals surface area (Å²) >= 11 is 9.43. The molecule has 4 rings (SSSR count). The summed E-state index contributed by atoms with van der Waals surface area (Å²) in [6.07, 6.45) is 1.69. The molecule has 1 N–H and O–H groups in total. The van der Waals surface area contributed by atoms with Crippen LogP contribution in [0.1, 0.15) is 24.3 Å². The van der Waals surface area contributed by atoms with Gasteiger partial charge in [0.2, 0.25) is 5.91 Å². The average molecular weight is 477 g/mol. The number of urea groups is 1. The number of carbonyl (C=O) groups excluding carboxylic acids is 2. The fraction of sp³-hybridized carbons (Fsp3) is 0.364. The molecule has 0 radical (unpaired) electrons. The van der Waals surface area contributed by atoms with Gasteiger partial charge in [-0.3, -0.25) is 4.79 Å². The molecule has 0 unspecified atom stereocenters. The third-order valence-electron chi connectivity index (χ3n) is 5.58. The highest BCUT2D eigenvalue weighted by Crippen LogP contribution is 2.48. The molecular weight excluding hydrogens is 454 g/mol. The van der Waals surface area contributed by atoms with Crippen molar-refractivity contribution in [2.75, 3.05) is 31.5 Å². The van der Waals surface area contributed by atoms with Gasteiger partial charge >= 0.3 is 6.03 Å². The van der Waals surface area contributed by atoms with E-state index in [0.717, 1.165) is 17.3 Å². The van der Waals surface area contributed by atoms with Crippen LogP contribution in [0, 0.1) is 5.92 Å². The third-order valence-corrected chi connectivity index (χ3v) is 6.34. The maximum Gasteiger partial charge on any atom is 0.321 e. The minimum absolute atomic E-state index is 0.0722. The molecule has 5 nitrogen and oxygen atoms in total. The highest BCUT2D eigenvalue weighted by molar-refractivity contribution is 9.10. The smallest absolute Gasteiger partial charge is 0.321 e. The molecule has 2 aromatic rings. The standard InChI is InChI=1S/C22H23BrClN3O2/c23-16-7-5-15(6-8-16)19-14-20(19)21(28)26-9-2-10-27(12-11-26)22(29)25-18-4-1-3-17(24)13-18/h1,3-8,13,19-20H,2,9-12,14H2,(H,25,29)/t19-,20-/m0/s1. The Bertz CT molecular complexity index is 905. The molecule has 2 aliphatic rings. The first-order valence-corrected chi connectivity index (χ1v) is 11.0. The van der Waals surface area contributed by atoms with Crippen LogP contribution in [0.5, 0.6) is 0 Å². The highest BCUT2D eigenvalue weighted by atomic mass is 79.9. The Hall–Kier alpha value is -2.05. The summed E-state index contributed by atoms with van der Waals surface area (Å²) in [5, 5.41) is 3.47. The van der Waals surface area contributed by atoms with Crippen LogP contribution in [0.2, 0.25) is 5.02 Å². The van der Waals surface area contributed by atoms with E-state index < -0.39 is 0 Å². The molecule has 3 amide bonds. The van der Waals surface area contributed by atoms with E-state index in [9.17, 15) is 9.59 Å². The molecule has 0 aromatic heterocycles. The van der Waals surface area contributed by atoms with Crippen LogP contribution in [-0.2, 0) is 4.79 Å². The number of nitrogens with zero attached hydrogens (tertiary/aromatic N) is 2. The number of hydrogen-bond donors (Lipinski definition) is 1. The van der Waals surface area contributed by atoms with Gasteiger partial charge in [0.25, 0.3) is 0 Å². The number of rotatable bonds is 3. The van der Waals surface area contributed by atoms with Crippen molar-refractivity contribution in [3.8, 4) is 0 Å². The Kier molecular flexibility index (Phi) is 6.11. The zero-order chi connectivity index (χ0) is 20.4. The van der Waals surface area contributed by atoms with Gasteiger partial charge in [-0.15, -0.1) is 0 Å². The molecule has 29 heavy (non-hydrogen) atoms. The second kappa shape index (κ2) is 8.76. The van der Waals surface area contributed by atoms with Crippen molar-refractivity contribution >= 4 is 45.2 Å². The molecular formula is C22H23BrClN3O2. The number of halogens is 2. The van der Waals surface area contributed by atoms with Crippen LogP contribution in [0.25, 0.3) is 0 Å². The fourth-order valence-electron chi connectivity index (χ4n) is 3.89. The molecule has 2 atom stereocenters. The van der Waals surface area contributed by atoms with Gasteiger partial charge in [0, 0.05) is 47.3 Å². The quantitative estimate of drug-likeness (QED) is 0.680. The van der Waals surface area contributed by atoms with E-state index >= 15 is 0 Å². The van der Waals surface area contributed by atoms with E-state index in [4.69, 9.17) is 11.6 Å². The summed E-state index contributed by atoms with van der Waals surface area (Å²) in [5.41, 5.74) is 1.90. The Balaban J connectivity index is 1.31. The van der Waals surface area contributed by atoms with Crippen molar-refractivity contribution in [3.63, 3.8) is 0 Å². The Morgan fingerprint density at radius 1 is 1.00 bits per heavy atom. The van der Waals surface area contributed by atoms with E-state index in [1.807, 2.05) is 23.1 Å². The number of hydrogen-bond acceptors (Lipinski definition) is 2. The molecule has 1 aliphatic carbocycles. The van der Waals surface area contributed by atoms with Crippen LogP contribution < -0.4 is 5.32 Å². The molecule has 2 aromatic carbocycles. The van der Waals surface area contributed by atoms with E-state index in [0.29, 0.717) is 42.8 Å². The zero-order valence-corrected chi connectivity index (χ0v) is 18.3. The van der Waals surface area contributed by atoms with Crippen molar-refractivity contribution < 1.29 is 9.59 Å². The van der Waals surface area contributed by atoms with Crippen molar-refractivity contribution in [3.05, 3.63) is 63.6 Å². The Morgan fingerprint density at radius 3 is 2.48 bits per heavy atom. The van der Waals surface area contributed by atoms with Gasteiger partial charge < -0.3 is 15.1 Å². The minimum atomic E-state index is -0.152. The molecule has 152 valence electrons. The van der Waals surface area contributed by atoms with E-state index in [2.05, 4.69) is 33.4 Å². The van der Waals surface area contributed by atoms with Crippen molar-refractivity contribution in [2.24, 2.45) is 5.92 Å². The molecule has 1 aliphatic heterocycles. The summed E-state index contributed by atoms with van der Waals surface area (Å²) in [7, 11) is 0. The number of nitrogens with one attached hydrogen (secondary N) is 1. The first-order valence-electron chi connectivity index (χ1n) is 9.87. The van der Waals surface area contributed by atoms with Gasteiger partial charge in [0.1, 0.15) is 0 Å². The number of benzene rings is 2. The Labute approximate surface area is 184 Å².